The zero-order valence-corrected chi connectivity index (χ0v) is 10.3. The largest absolute Gasteiger partial charge is 0.493 e. The maximum Gasteiger partial charge on any atom is 0.262 e. The average molecular weight is 245 g/mol. The van der Waals surface area contributed by atoms with E-state index in [2.05, 4.69) is 9.97 Å². The van der Waals surface area contributed by atoms with Crippen molar-refractivity contribution in [3.05, 3.63) is 46.5 Å². The number of aromatic amines is 1. The number of aromatic hydroxyl groups is 1. The first kappa shape index (κ1) is 12.3. The lowest BCUT2D eigenvalue weighted by Crippen LogP contribution is -2.33. The van der Waals surface area contributed by atoms with Gasteiger partial charge < -0.3 is 15.8 Å². The van der Waals surface area contributed by atoms with E-state index in [1.54, 1.807) is 38.1 Å². The van der Waals surface area contributed by atoms with Crippen molar-refractivity contribution in [3.63, 3.8) is 0 Å². The molecule has 0 unspecified atom stereocenters. The third-order valence-corrected chi connectivity index (χ3v) is 2.57. The van der Waals surface area contributed by atoms with Crippen LogP contribution in [0.25, 0.3) is 11.1 Å². The Hall–Kier alpha value is -2.14. The van der Waals surface area contributed by atoms with Crippen molar-refractivity contribution in [3.8, 4) is 17.0 Å². The zero-order valence-electron chi connectivity index (χ0n) is 10.3. The Balaban J connectivity index is 2.63. The Kier molecular flexibility index (Phi) is 2.92. The lowest BCUT2D eigenvalue weighted by atomic mass is 10.1. The monoisotopic (exact) mass is 245 g/mol. The number of nitrogens with two attached hydrogens (primary N) is 1. The number of hydrogen-bond acceptors (Lipinski definition) is 4. The number of aromatic nitrogens is 2. The Morgan fingerprint density at radius 1 is 1.28 bits per heavy atom. The fourth-order valence-corrected chi connectivity index (χ4v) is 1.63. The van der Waals surface area contributed by atoms with E-state index in [1.807, 2.05) is 6.07 Å². The Labute approximate surface area is 104 Å². The standard InChI is InChI=1S/C13H15N3O2/c1-13(2,14)12-15-10(17)9(11(18)16-12)8-6-4-3-5-7-8/h3-7H,14H2,1-2H3,(H2,15,16,17,18). The summed E-state index contributed by atoms with van der Waals surface area (Å²) in [5, 5.41) is 9.90. The van der Waals surface area contributed by atoms with Gasteiger partial charge in [-0.2, -0.15) is 4.98 Å². The first-order chi connectivity index (χ1) is 8.39. The topological polar surface area (TPSA) is 92.0 Å². The molecule has 1 aromatic heterocycles. The third-order valence-electron chi connectivity index (χ3n) is 2.57. The van der Waals surface area contributed by atoms with Gasteiger partial charge in [0, 0.05) is 0 Å². The quantitative estimate of drug-likeness (QED) is 0.744. The molecule has 0 amide bonds. The number of nitrogens with one attached hydrogen (secondary N) is 1. The summed E-state index contributed by atoms with van der Waals surface area (Å²) in [5.74, 6) is -0.0526. The predicted molar refractivity (Wildman–Crippen MR) is 69.2 cm³/mol. The van der Waals surface area contributed by atoms with Crippen molar-refractivity contribution >= 4 is 0 Å². The van der Waals surface area contributed by atoms with E-state index in [9.17, 15) is 9.90 Å². The van der Waals surface area contributed by atoms with Gasteiger partial charge in [-0.15, -0.1) is 0 Å². The van der Waals surface area contributed by atoms with Gasteiger partial charge in [-0.3, -0.25) is 4.79 Å². The molecule has 4 N–H and O–H groups in total. The van der Waals surface area contributed by atoms with Crippen LogP contribution in [0.5, 0.6) is 5.88 Å². The van der Waals surface area contributed by atoms with Crippen LogP contribution in [-0.2, 0) is 5.54 Å². The van der Waals surface area contributed by atoms with Gasteiger partial charge in [0.2, 0.25) is 5.88 Å². The fourth-order valence-electron chi connectivity index (χ4n) is 1.63. The molecular formula is C13H15N3O2. The second-order valence-electron chi connectivity index (χ2n) is 4.70. The molecule has 94 valence electrons. The molecule has 0 bridgehead atoms. The molecule has 0 aliphatic carbocycles. The van der Waals surface area contributed by atoms with Crippen molar-refractivity contribution in [2.75, 3.05) is 0 Å². The third kappa shape index (κ3) is 2.26. The van der Waals surface area contributed by atoms with Crippen molar-refractivity contribution in [1.82, 2.24) is 9.97 Å². The average Bonchev–Trinajstić information content (AvgIpc) is 2.28. The second-order valence-corrected chi connectivity index (χ2v) is 4.70. The van der Waals surface area contributed by atoms with Gasteiger partial charge in [-0.05, 0) is 19.4 Å². The van der Waals surface area contributed by atoms with Crippen LogP contribution in [0.4, 0.5) is 0 Å². The van der Waals surface area contributed by atoms with Crippen LogP contribution in [0, 0.1) is 0 Å². The first-order valence-corrected chi connectivity index (χ1v) is 5.57. The molecule has 1 aromatic carbocycles. The molecule has 1 heterocycles. The van der Waals surface area contributed by atoms with E-state index in [1.165, 1.54) is 0 Å². The minimum atomic E-state index is -0.814. The van der Waals surface area contributed by atoms with E-state index < -0.39 is 11.1 Å². The Bertz CT molecular complexity index is 612. The molecule has 18 heavy (non-hydrogen) atoms. The van der Waals surface area contributed by atoms with Crippen molar-refractivity contribution in [2.24, 2.45) is 5.73 Å². The number of nitrogens with zero attached hydrogens (tertiary/aromatic N) is 1. The molecule has 0 saturated carbocycles. The van der Waals surface area contributed by atoms with E-state index >= 15 is 0 Å². The van der Waals surface area contributed by atoms with E-state index in [-0.39, 0.29) is 17.3 Å². The molecule has 0 saturated heterocycles. The van der Waals surface area contributed by atoms with Gasteiger partial charge >= 0.3 is 0 Å². The molecular weight excluding hydrogens is 230 g/mol. The highest BCUT2D eigenvalue weighted by molar-refractivity contribution is 5.66. The van der Waals surface area contributed by atoms with Crippen molar-refractivity contribution in [2.45, 2.75) is 19.4 Å². The Morgan fingerprint density at radius 3 is 2.39 bits per heavy atom. The minimum absolute atomic E-state index is 0.156. The molecule has 2 rings (SSSR count). The lowest BCUT2D eigenvalue weighted by Gasteiger charge is -2.17. The first-order valence-electron chi connectivity index (χ1n) is 5.57. The van der Waals surface area contributed by atoms with E-state index in [0.717, 1.165) is 0 Å². The molecule has 0 aliphatic heterocycles. The summed E-state index contributed by atoms with van der Waals surface area (Å²) in [4.78, 5) is 18.6. The van der Waals surface area contributed by atoms with Crippen LogP contribution in [0.15, 0.2) is 35.1 Å². The van der Waals surface area contributed by atoms with Gasteiger partial charge in [0.25, 0.3) is 5.56 Å². The van der Waals surface area contributed by atoms with Crippen LogP contribution in [-0.4, -0.2) is 15.1 Å². The summed E-state index contributed by atoms with van der Waals surface area (Å²) in [6.45, 7) is 3.40. The van der Waals surface area contributed by atoms with Crippen LogP contribution in [0.1, 0.15) is 19.7 Å². The predicted octanol–water partition coefficient (Wildman–Crippen LogP) is 1.34. The SMILES string of the molecule is CC(C)(N)c1nc(O)c(-c2ccccc2)c(=O)[nH]1. The normalized spacial score (nSPS) is 11.5. The van der Waals surface area contributed by atoms with E-state index in [0.29, 0.717) is 5.56 Å². The Morgan fingerprint density at radius 2 is 1.89 bits per heavy atom. The summed E-state index contributed by atoms with van der Waals surface area (Å²) in [5.41, 5.74) is 5.40. The highest BCUT2D eigenvalue weighted by atomic mass is 16.3. The van der Waals surface area contributed by atoms with E-state index in [4.69, 9.17) is 5.73 Å². The number of H-pyrrole nitrogens is 1. The number of benzene rings is 1. The fraction of sp³-hybridized carbons (Fsp3) is 0.231. The zero-order chi connectivity index (χ0) is 13.3. The second kappa shape index (κ2) is 4.27. The molecule has 5 nitrogen and oxygen atoms in total. The number of hydrogen-bond donors (Lipinski definition) is 3. The van der Waals surface area contributed by atoms with Gasteiger partial charge in [0.1, 0.15) is 11.4 Å². The van der Waals surface area contributed by atoms with Crippen LogP contribution < -0.4 is 11.3 Å². The minimum Gasteiger partial charge on any atom is -0.493 e. The van der Waals surface area contributed by atoms with Gasteiger partial charge in [-0.1, -0.05) is 30.3 Å². The highest BCUT2D eigenvalue weighted by Gasteiger charge is 2.21. The van der Waals surface area contributed by atoms with Crippen molar-refractivity contribution in [1.29, 1.82) is 0 Å². The summed E-state index contributed by atoms with van der Waals surface area (Å²) in [6, 6.07) is 8.88. The summed E-state index contributed by atoms with van der Waals surface area (Å²) >= 11 is 0. The summed E-state index contributed by atoms with van der Waals surface area (Å²) < 4.78 is 0. The van der Waals surface area contributed by atoms with Crippen LogP contribution in [0.2, 0.25) is 0 Å². The smallest absolute Gasteiger partial charge is 0.262 e. The summed E-state index contributed by atoms with van der Waals surface area (Å²) in [7, 11) is 0. The molecule has 2 aromatic rings. The van der Waals surface area contributed by atoms with Gasteiger partial charge in [0.15, 0.2) is 0 Å². The maximum atomic E-state index is 12.0. The van der Waals surface area contributed by atoms with Crippen LogP contribution in [0.3, 0.4) is 0 Å². The molecule has 0 aliphatic rings. The molecule has 5 heteroatoms. The molecule has 0 radical (unpaired) electrons. The van der Waals surface area contributed by atoms with Crippen molar-refractivity contribution < 1.29 is 5.11 Å². The van der Waals surface area contributed by atoms with Gasteiger partial charge in [0.05, 0.1) is 5.54 Å². The lowest BCUT2D eigenvalue weighted by molar-refractivity contribution is 0.432. The molecule has 0 atom stereocenters. The summed E-state index contributed by atoms with van der Waals surface area (Å²) in [6.07, 6.45) is 0. The number of rotatable bonds is 2. The van der Waals surface area contributed by atoms with Crippen LogP contribution >= 0.6 is 0 Å². The molecule has 0 spiro atoms. The molecule has 0 fully saturated rings. The van der Waals surface area contributed by atoms with Gasteiger partial charge in [-0.25, -0.2) is 0 Å². The maximum absolute atomic E-state index is 12.0. The highest BCUT2D eigenvalue weighted by Crippen LogP contribution is 2.24.